The van der Waals surface area contributed by atoms with Gasteiger partial charge in [0.05, 0.1) is 12.3 Å². The number of para-hydroxylation sites is 1. The first kappa shape index (κ1) is 19.1. The maximum Gasteiger partial charge on any atom is 0.264 e. The molecule has 1 aliphatic rings. The summed E-state index contributed by atoms with van der Waals surface area (Å²) in [7, 11) is 0. The lowest BCUT2D eigenvalue weighted by molar-refractivity contribution is -0.141. The summed E-state index contributed by atoms with van der Waals surface area (Å²) in [6, 6.07) is 13.2. The molecule has 5 nitrogen and oxygen atoms in total. The fraction of sp³-hybridized carbons (Fsp3) is 0.364. The zero-order valence-electron chi connectivity index (χ0n) is 16.0. The number of ketones is 1. The van der Waals surface area contributed by atoms with Crippen LogP contribution < -0.4 is 9.64 Å². The highest BCUT2D eigenvalue weighted by molar-refractivity contribution is 6.09. The first-order valence-electron chi connectivity index (χ1n) is 9.16. The van der Waals surface area contributed by atoms with Crippen LogP contribution in [0.3, 0.4) is 0 Å². The van der Waals surface area contributed by atoms with Crippen LogP contribution in [0, 0.1) is 13.8 Å². The number of hydrogen-bond acceptors (Lipinski definition) is 4. The van der Waals surface area contributed by atoms with Crippen molar-refractivity contribution >= 4 is 17.4 Å². The lowest BCUT2D eigenvalue weighted by atomic mass is 9.89. The number of aryl methyl sites for hydroxylation is 2. The molecule has 1 heterocycles. The maximum absolute atomic E-state index is 13.0. The van der Waals surface area contributed by atoms with E-state index in [2.05, 4.69) is 0 Å². The van der Waals surface area contributed by atoms with Crippen LogP contribution in [0.15, 0.2) is 42.5 Å². The lowest BCUT2D eigenvalue weighted by Gasteiger charge is -2.22. The van der Waals surface area contributed by atoms with Gasteiger partial charge >= 0.3 is 0 Å². The first-order chi connectivity index (χ1) is 12.8. The minimum atomic E-state index is -1.77. The Balaban J connectivity index is 1.73. The SMILES string of the molecule is CC(=O)CC1(O)C(=O)N(CCCOc2ccc(C)cc2)c2c(C)cccc21. The minimum absolute atomic E-state index is 0.210. The van der Waals surface area contributed by atoms with Gasteiger partial charge in [0.15, 0.2) is 5.60 Å². The Morgan fingerprint density at radius 1 is 1.15 bits per heavy atom. The molecule has 0 aliphatic carbocycles. The molecule has 0 saturated carbocycles. The summed E-state index contributed by atoms with van der Waals surface area (Å²) in [6.07, 6.45) is 0.405. The van der Waals surface area contributed by atoms with Crippen molar-refractivity contribution in [2.45, 2.75) is 39.2 Å². The molecule has 27 heavy (non-hydrogen) atoms. The molecule has 0 saturated heterocycles. The van der Waals surface area contributed by atoms with Crippen molar-refractivity contribution in [2.75, 3.05) is 18.1 Å². The van der Waals surface area contributed by atoms with Gasteiger partial charge in [-0.15, -0.1) is 0 Å². The molecule has 3 rings (SSSR count). The average Bonchev–Trinajstić information content (AvgIpc) is 2.82. The van der Waals surface area contributed by atoms with Gasteiger partial charge in [0.25, 0.3) is 5.91 Å². The van der Waals surface area contributed by atoms with E-state index in [0.29, 0.717) is 30.8 Å². The Morgan fingerprint density at radius 2 is 1.85 bits per heavy atom. The van der Waals surface area contributed by atoms with Gasteiger partial charge in [0.1, 0.15) is 11.5 Å². The number of nitrogens with zero attached hydrogens (tertiary/aromatic N) is 1. The third kappa shape index (κ3) is 3.74. The highest BCUT2D eigenvalue weighted by Crippen LogP contribution is 2.44. The summed E-state index contributed by atoms with van der Waals surface area (Å²) in [5, 5.41) is 11.0. The van der Waals surface area contributed by atoms with E-state index < -0.39 is 11.5 Å². The molecular weight excluding hydrogens is 342 g/mol. The topological polar surface area (TPSA) is 66.8 Å². The molecular formula is C22H25NO4. The fourth-order valence-electron chi connectivity index (χ4n) is 3.58. The summed E-state index contributed by atoms with van der Waals surface area (Å²) in [6.45, 7) is 6.19. The van der Waals surface area contributed by atoms with Gasteiger partial charge in [-0.05, 0) is 44.9 Å². The fourth-order valence-corrected chi connectivity index (χ4v) is 3.58. The Hall–Kier alpha value is -2.66. The molecule has 2 aromatic carbocycles. The van der Waals surface area contributed by atoms with E-state index in [4.69, 9.17) is 4.74 Å². The summed E-state index contributed by atoms with van der Waals surface area (Å²) in [5.41, 5.74) is 1.52. The molecule has 1 amide bonds. The van der Waals surface area contributed by atoms with Crippen LogP contribution in [-0.2, 0) is 15.2 Å². The van der Waals surface area contributed by atoms with Crippen LogP contribution in [0.4, 0.5) is 5.69 Å². The second-order valence-corrected chi connectivity index (χ2v) is 7.18. The monoisotopic (exact) mass is 367 g/mol. The number of anilines is 1. The quantitative estimate of drug-likeness (QED) is 0.763. The smallest absolute Gasteiger partial charge is 0.264 e. The van der Waals surface area contributed by atoms with Crippen molar-refractivity contribution < 1.29 is 19.4 Å². The number of fused-ring (bicyclic) bond motifs is 1. The second kappa shape index (κ2) is 7.53. The maximum atomic E-state index is 13.0. The Bertz CT molecular complexity index is 859. The summed E-state index contributed by atoms with van der Waals surface area (Å²) >= 11 is 0. The number of benzene rings is 2. The van der Waals surface area contributed by atoms with Gasteiger partial charge in [-0.2, -0.15) is 0 Å². The van der Waals surface area contributed by atoms with Gasteiger partial charge in [0, 0.05) is 18.5 Å². The van der Waals surface area contributed by atoms with Crippen molar-refractivity contribution in [1.29, 1.82) is 0 Å². The summed E-state index contributed by atoms with van der Waals surface area (Å²) in [5.74, 6) is 0.137. The van der Waals surface area contributed by atoms with Gasteiger partial charge in [-0.25, -0.2) is 0 Å². The Morgan fingerprint density at radius 3 is 2.52 bits per heavy atom. The first-order valence-corrected chi connectivity index (χ1v) is 9.16. The zero-order valence-corrected chi connectivity index (χ0v) is 16.0. The van der Waals surface area contributed by atoms with Crippen molar-refractivity contribution in [2.24, 2.45) is 0 Å². The normalized spacial score (nSPS) is 18.5. The van der Waals surface area contributed by atoms with E-state index in [9.17, 15) is 14.7 Å². The summed E-state index contributed by atoms with van der Waals surface area (Å²) in [4.78, 5) is 26.2. The number of carbonyl (C=O) groups excluding carboxylic acids is 2. The predicted molar refractivity (Wildman–Crippen MR) is 104 cm³/mol. The molecule has 1 aliphatic heterocycles. The molecule has 0 aromatic heterocycles. The molecule has 2 aromatic rings. The number of Topliss-reactive ketones (excluding diaryl/α,β-unsaturated/α-hetero) is 1. The molecule has 1 atom stereocenters. The van der Waals surface area contributed by atoms with Crippen LogP contribution in [0.1, 0.15) is 36.5 Å². The lowest BCUT2D eigenvalue weighted by Crippen LogP contribution is -2.42. The molecule has 0 bridgehead atoms. The molecule has 0 radical (unpaired) electrons. The highest BCUT2D eigenvalue weighted by atomic mass is 16.5. The molecule has 0 fully saturated rings. The molecule has 5 heteroatoms. The number of hydrogen-bond donors (Lipinski definition) is 1. The van der Waals surface area contributed by atoms with E-state index in [0.717, 1.165) is 11.3 Å². The van der Waals surface area contributed by atoms with Crippen LogP contribution in [-0.4, -0.2) is 29.9 Å². The Kier molecular flexibility index (Phi) is 5.33. The van der Waals surface area contributed by atoms with Crippen molar-refractivity contribution in [3.05, 3.63) is 59.2 Å². The van der Waals surface area contributed by atoms with Gasteiger partial charge < -0.3 is 14.7 Å². The van der Waals surface area contributed by atoms with E-state index in [1.54, 1.807) is 17.0 Å². The van der Waals surface area contributed by atoms with Crippen molar-refractivity contribution in [3.63, 3.8) is 0 Å². The number of rotatable bonds is 7. The zero-order chi connectivity index (χ0) is 19.6. The molecule has 1 unspecified atom stereocenters. The third-order valence-electron chi connectivity index (χ3n) is 4.87. The van der Waals surface area contributed by atoms with E-state index in [1.807, 2.05) is 44.2 Å². The van der Waals surface area contributed by atoms with Crippen LogP contribution in [0.25, 0.3) is 0 Å². The van der Waals surface area contributed by atoms with E-state index in [-0.39, 0.29) is 12.2 Å². The number of carbonyl (C=O) groups is 2. The predicted octanol–water partition coefficient (Wildman–Crippen LogP) is 3.29. The van der Waals surface area contributed by atoms with Gasteiger partial charge in [0.2, 0.25) is 0 Å². The largest absolute Gasteiger partial charge is 0.494 e. The number of amides is 1. The molecule has 0 spiro atoms. The van der Waals surface area contributed by atoms with Crippen molar-refractivity contribution in [1.82, 2.24) is 0 Å². The average molecular weight is 367 g/mol. The van der Waals surface area contributed by atoms with E-state index in [1.165, 1.54) is 12.5 Å². The number of ether oxygens (including phenoxy) is 1. The third-order valence-corrected chi connectivity index (χ3v) is 4.87. The standard InChI is InChI=1S/C22H25NO4/c1-15-8-10-18(11-9-15)27-13-5-12-23-20-16(2)6-4-7-19(20)22(26,21(23)25)14-17(3)24/h4,6-11,26H,5,12-14H2,1-3H3. The van der Waals surface area contributed by atoms with Gasteiger partial charge in [-0.3, -0.25) is 9.59 Å². The van der Waals surface area contributed by atoms with Crippen LogP contribution in [0.2, 0.25) is 0 Å². The minimum Gasteiger partial charge on any atom is -0.494 e. The van der Waals surface area contributed by atoms with Crippen molar-refractivity contribution in [3.8, 4) is 5.75 Å². The van der Waals surface area contributed by atoms with Crippen LogP contribution >= 0.6 is 0 Å². The summed E-state index contributed by atoms with van der Waals surface area (Å²) < 4.78 is 5.74. The Labute approximate surface area is 159 Å². The highest BCUT2D eigenvalue weighted by Gasteiger charge is 2.50. The number of aliphatic hydroxyl groups is 1. The second-order valence-electron chi connectivity index (χ2n) is 7.18. The molecule has 1 N–H and O–H groups in total. The van der Waals surface area contributed by atoms with Crippen LogP contribution in [0.5, 0.6) is 5.75 Å². The van der Waals surface area contributed by atoms with Gasteiger partial charge in [-0.1, -0.05) is 35.9 Å². The molecule has 142 valence electrons. The van der Waals surface area contributed by atoms with E-state index >= 15 is 0 Å².